The second kappa shape index (κ2) is 7.57. The predicted molar refractivity (Wildman–Crippen MR) is 79.2 cm³/mol. The van der Waals surface area contributed by atoms with Gasteiger partial charge < -0.3 is 5.32 Å². The summed E-state index contributed by atoms with van der Waals surface area (Å²) < 4.78 is 28.9. The summed E-state index contributed by atoms with van der Waals surface area (Å²) in [5.41, 5.74) is 0. The fraction of sp³-hybridized carbons (Fsp3) is 1.00. The van der Waals surface area contributed by atoms with Gasteiger partial charge in [-0.3, -0.25) is 0 Å². The summed E-state index contributed by atoms with van der Waals surface area (Å²) in [5.74, 6) is 1.10. The lowest BCUT2D eigenvalue weighted by molar-refractivity contribution is 0.266. The highest BCUT2D eigenvalue weighted by molar-refractivity contribution is 7.87. The van der Waals surface area contributed by atoms with Crippen molar-refractivity contribution in [3.05, 3.63) is 0 Å². The number of hydrogen-bond donors (Lipinski definition) is 2. The van der Waals surface area contributed by atoms with Gasteiger partial charge in [-0.15, -0.1) is 0 Å². The molecule has 1 aliphatic rings. The molecule has 0 bridgehead atoms. The maximum absolute atomic E-state index is 12.2. The van der Waals surface area contributed by atoms with Crippen LogP contribution in [0.25, 0.3) is 0 Å². The third-order valence-corrected chi connectivity index (χ3v) is 5.33. The molecule has 0 amide bonds. The third kappa shape index (κ3) is 5.77. The van der Waals surface area contributed by atoms with E-state index >= 15 is 0 Å². The van der Waals surface area contributed by atoms with E-state index in [1.807, 2.05) is 14.0 Å². The van der Waals surface area contributed by atoms with Gasteiger partial charge in [-0.25, -0.2) is 0 Å². The molecule has 1 heterocycles. The molecule has 0 radical (unpaired) electrons. The Hall–Kier alpha value is -0.170. The standard InChI is InChI=1S/C13H29N3O2S/c1-11(2)9-12(3)15-19(17,18)16-7-5-13(6-8-16)10-14-4/h11-15H,5-10H2,1-4H3. The first-order valence-electron chi connectivity index (χ1n) is 7.27. The van der Waals surface area contributed by atoms with Gasteiger partial charge >= 0.3 is 0 Å². The predicted octanol–water partition coefficient (Wildman–Crippen LogP) is 1.19. The summed E-state index contributed by atoms with van der Waals surface area (Å²) in [4.78, 5) is 0. The summed E-state index contributed by atoms with van der Waals surface area (Å²) in [5, 5.41) is 3.16. The van der Waals surface area contributed by atoms with Crippen LogP contribution in [-0.4, -0.2) is 45.4 Å². The van der Waals surface area contributed by atoms with Crippen molar-refractivity contribution in [1.29, 1.82) is 0 Å². The Morgan fingerprint density at radius 3 is 2.26 bits per heavy atom. The Balaban J connectivity index is 2.46. The molecule has 0 saturated carbocycles. The number of piperidine rings is 1. The Labute approximate surface area is 118 Å². The zero-order chi connectivity index (χ0) is 14.5. The highest BCUT2D eigenvalue weighted by Gasteiger charge is 2.28. The average Bonchev–Trinajstić information content (AvgIpc) is 2.28. The summed E-state index contributed by atoms with van der Waals surface area (Å²) in [6.45, 7) is 8.39. The van der Waals surface area contributed by atoms with Crippen LogP contribution in [0.5, 0.6) is 0 Å². The molecular formula is C13H29N3O2S. The number of hydrogen-bond acceptors (Lipinski definition) is 3. The average molecular weight is 291 g/mol. The minimum Gasteiger partial charge on any atom is -0.319 e. The molecule has 0 aromatic rings. The fourth-order valence-corrected chi connectivity index (χ4v) is 4.17. The van der Waals surface area contributed by atoms with Crippen molar-refractivity contribution in [3.63, 3.8) is 0 Å². The van der Waals surface area contributed by atoms with Crippen molar-refractivity contribution < 1.29 is 8.42 Å². The maximum Gasteiger partial charge on any atom is 0.279 e. The lowest BCUT2D eigenvalue weighted by Gasteiger charge is -2.32. The molecule has 0 spiro atoms. The molecule has 19 heavy (non-hydrogen) atoms. The Morgan fingerprint density at radius 2 is 1.79 bits per heavy atom. The number of nitrogens with zero attached hydrogens (tertiary/aromatic N) is 1. The van der Waals surface area contributed by atoms with E-state index in [0.29, 0.717) is 24.9 Å². The summed E-state index contributed by atoms with van der Waals surface area (Å²) >= 11 is 0. The van der Waals surface area contributed by atoms with Crippen LogP contribution in [0.4, 0.5) is 0 Å². The van der Waals surface area contributed by atoms with Gasteiger partial charge in [0.2, 0.25) is 0 Å². The normalized spacial score (nSPS) is 20.9. The van der Waals surface area contributed by atoms with E-state index in [1.54, 1.807) is 4.31 Å². The topological polar surface area (TPSA) is 61.4 Å². The fourth-order valence-electron chi connectivity index (χ4n) is 2.73. The number of nitrogens with one attached hydrogen (secondary N) is 2. The minimum absolute atomic E-state index is 0.0000296. The molecule has 0 aromatic carbocycles. The van der Waals surface area contributed by atoms with E-state index in [1.165, 1.54) is 0 Å². The van der Waals surface area contributed by atoms with E-state index in [9.17, 15) is 8.42 Å². The number of rotatable bonds is 7. The molecule has 2 N–H and O–H groups in total. The molecule has 1 unspecified atom stereocenters. The Morgan fingerprint density at radius 1 is 1.21 bits per heavy atom. The minimum atomic E-state index is -3.30. The first kappa shape index (κ1) is 16.9. The summed E-state index contributed by atoms with van der Waals surface area (Å²) in [6, 6.07) is 0.0000296. The Bertz CT molecular complexity index is 349. The molecule has 1 aliphatic heterocycles. The maximum atomic E-state index is 12.2. The summed E-state index contributed by atoms with van der Waals surface area (Å²) in [6.07, 6.45) is 2.76. The van der Waals surface area contributed by atoms with Gasteiger partial charge in [-0.1, -0.05) is 13.8 Å². The van der Waals surface area contributed by atoms with Crippen LogP contribution in [0.3, 0.4) is 0 Å². The first-order valence-corrected chi connectivity index (χ1v) is 8.71. The van der Waals surface area contributed by atoms with Crippen LogP contribution >= 0.6 is 0 Å². The Kier molecular flexibility index (Phi) is 6.73. The molecule has 0 aliphatic carbocycles. The van der Waals surface area contributed by atoms with Gasteiger partial charge in [0.1, 0.15) is 0 Å². The van der Waals surface area contributed by atoms with E-state index in [0.717, 1.165) is 25.8 Å². The van der Waals surface area contributed by atoms with E-state index < -0.39 is 10.2 Å². The molecule has 114 valence electrons. The van der Waals surface area contributed by atoms with Crippen LogP contribution in [0.15, 0.2) is 0 Å². The van der Waals surface area contributed by atoms with Gasteiger partial charge in [0.05, 0.1) is 0 Å². The van der Waals surface area contributed by atoms with Crippen LogP contribution in [0.1, 0.15) is 40.0 Å². The van der Waals surface area contributed by atoms with E-state index in [2.05, 4.69) is 23.9 Å². The molecule has 5 nitrogen and oxygen atoms in total. The quantitative estimate of drug-likeness (QED) is 0.740. The molecule has 1 atom stereocenters. The molecule has 1 saturated heterocycles. The molecular weight excluding hydrogens is 262 g/mol. The smallest absolute Gasteiger partial charge is 0.279 e. The monoisotopic (exact) mass is 291 g/mol. The van der Waals surface area contributed by atoms with Crippen LogP contribution in [0, 0.1) is 11.8 Å². The summed E-state index contributed by atoms with van der Waals surface area (Å²) in [7, 11) is -1.36. The second-order valence-electron chi connectivity index (χ2n) is 6.05. The van der Waals surface area contributed by atoms with Gasteiger partial charge in [0, 0.05) is 19.1 Å². The van der Waals surface area contributed by atoms with Crippen molar-refractivity contribution in [2.45, 2.75) is 46.1 Å². The lowest BCUT2D eigenvalue weighted by atomic mass is 9.98. The van der Waals surface area contributed by atoms with Crippen molar-refractivity contribution in [3.8, 4) is 0 Å². The zero-order valence-corrected chi connectivity index (χ0v) is 13.5. The van der Waals surface area contributed by atoms with Gasteiger partial charge in [-0.2, -0.15) is 17.4 Å². The van der Waals surface area contributed by atoms with E-state index in [-0.39, 0.29) is 6.04 Å². The van der Waals surface area contributed by atoms with E-state index in [4.69, 9.17) is 0 Å². The van der Waals surface area contributed by atoms with Crippen molar-refractivity contribution in [1.82, 2.24) is 14.3 Å². The van der Waals surface area contributed by atoms with Crippen molar-refractivity contribution >= 4 is 10.2 Å². The molecule has 0 aromatic heterocycles. The largest absolute Gasteiger partial charge is 0.319 e. The van der Waals surface area contributed by atoms with Crippen LogP contribution < -0.4 is 10.0 Å². The van der Waals surface area contributed by atoms with Crippen molar-refractivity contribution in [2.75, 3.05) is 26.7 Å². The first-order chi connectivity index (χ1) is 8.85. The van der Waals surface area contributed by atoms with Crippen LogP contribution in [-0.2, 0) is 10.2 Å². The van der Waals surface area contributed by atoms with Crippen LogP contribution in [0.2, 0.25) is 0 Å². The zero-order valence-electron chi connectivity index (χ0n) is 12.6. The second-order valence-corrected chi connectivity index (χ2v) is 7.76. The molecule has 1 rings (SSSR count). The van der Waals surface area contributed by atoms with Gasteiger partial charge in [0.25, 0.3) is 10.2 Å². The molecule has 6 heteroatoms. The third-order valence-electron chi connectivity index (χ3n) is 3.58. The highest BCUT2D eigenvalue weighted by atomic mass is 32.2. The van der Waals surface area contributed by atoms with Gasteiger partial charge in [-0.05, 0) is 51.6 Å². The highest BCUT2D eigenvalue weighted by Crippen LogP contribution is 2.18. The van der Waals surface area contributed by atoms with Gasteiger partial charge in [0.15, 0.2) is 0 Å². The SMILES string of the molecule is CNCC1CCN(S(=O)(=O)NC(C)CC(C)C)CC1. The molecule has 1 fully saturated rings. The lowest BCUT2D eigenvalue weighted by Crippen LogP contribution is -2.48. The van der Waals surface area contributed by atoms with Crippen molar-refractivity contribution in [2.24, 2.45) is 11.8 Å².